The van der Waals surface area contributed by atoms with E-state index in [0.29, 0.717) is 18.0 Å². The molecule has 0 atom stereocenters. The first-order chi connectivity index (χ1) is 10.7. The fourth-order valence-corrected chi connectivity index (χ4v) is 1.98. The van der Waals surface area contributed by atoms with Crippen LogP contribution in [0, 0.1) is 0 Å². The highest BCUT2D eigenvalue weighted by Crippen LogP contribution is 2.25. The zero-order chi connectivity index (χ0) is 15.4. The second-order valence-corrected chi connectivity index (χ2v) is 4.62. The molecular weight excluding hydrogens is 288 g/mol. The summed E-state index contributed by atoms with van der Waals surface area (Å²) in [6.07, 6.45) is -1.20. The van der Waals surface area contributed by atoms with Gasteiger partial charge in [-0.15, -0.1) is 0 Å². The highest BCUT2D eigenvalue weighted by atomic mass is 19.3. The lowest BCUT2D eigenvalue weighted by atomic mass is 10.2. The van der Waals surface area contributed by atoms with Crippen molar-refractivity contribution in [2.75, 3.05) is 5.32 Å². The first-order valence-electron chi connectivity index (χ1n) is 6.71. The monoisotopic (exact) mass is 301 g/mol. The van der Waals surface area contributed by atoms with E-state index in [1.165, 1.54) is 12.3 Å². The van der Waals surface area contributed by atoms with Crippen molar-refractivity contribution in [3.8, 4) is 11.5 Å². The minimum absolute atomic E-state index is 0.146. The first kappa shape index (κ1) is 14.2. The molecule has 1 aromatic carbocycles. The van der Waals surface area contributed by atoms with Crippen LogP contribution in [0.15, 0.2) is 59.2 Å². The number of aromatic nitrogens is 2. The van der Waals surface area contributed by atoms with E-state index in [-0.39, 0.29) is 11.6 Å². The van der Waals surface area contributed by atoms with E-state index in [0.717, 1.165) is 5.56 Å². The summed E-state index contributed by atoms with van der Waals surface area (Å²) in [5.41, 5.74) is 0.996. The molecule has 0 fully saturated rings. The van der Waals surface area contributed by atoms with Gasteiger partial charge in [-0.25, -0.2) is 18.7 Å². The lowest BCUT2D eigenvalue weighted by Crippen LogP contribution is -2.06. The molecule has 1 N–H and O–H groups in total. The Morgan fingerprint density at radius 1 is 1.05 bits per heavy atom. The Kier molecular flexibility index (Phi) is 4.09. The summed E-state index contributed by atoms with van der Waals surface area (Å²) < 4.78 is 31.2. The number of hydrogen-bond donors (Lipinski definition) is 1. The Hall–Kier alpha value is -2.76. The summed E-state index contributed by atoms with van der Waals surface area (Å²) in [6, 6.07) is 14.1. The SMILES string of the molecule is FC(F)c1cc(-c2ccco2)nc(NCc2ccccc2)n1. The minimum Gasteiger partial charge on any atom is -0.463 e. The molecule has 0 aliphatic rings. The Balaban J connectivity index is 1.86. The van der Waals surface area contributed by atoms with Crippen LogP contribution in [-0.2, 0) is 6.54 Å². The summed E-state index contributed by atoms with van der Waals surface area (Å²) in [4.78, 5) is 8.07. The Morgan fingerprint density at radius 3 is 2.55 bits per heavy atom. The summed E-state index contributed by atoms with van der Waals surface area (Å²) in [5.74, 6) is 0.570. The maximum absolute atomic E-state index is 13.0. The fourth-order valence-electron chi connectivity index (χ4n) is 1.98. The third kappa shape index (κ3) is 3.28. The van der Waals surface area contributed by atoms with E-state index in [1.54, 1.807) is 12.1 Å². The van der Waals surface area contributed by atoms with Crippen LogP contribution in [0.4, 0.5) is 14.7 Å². The number of rotatable bonds is 5. The number of anilines is 1. The molecule has 112 valence electrons. The van der Waals surface area contributed by atoms with E-state index in [2.05, 4.69) is 15.3 Å². The van der Waals surface area contributed by atoms with Crippen molar-refractivity contribution in [3.05, 3.63) is 66.1 Å². The van der Waals surface area contributed by atoms with Crippen molar-refractivity contribution >= 4 is 5.95 Å². The van der Waals surface area contributed by atoms with E-state index in [9.17, 15) is 8.78 Å². The van der Waals surface area contributed by atoms with Crippen molar-refractivity contribution < 1.29 is 13.2 Å². The normalized spacial score (nSPS) is 10.9. The van der Waals surface area contributed by atoms with Gasteiger partial charge in [0, 0.05) is 6.54 Å². The maximum Gasteiger partial charge on any atom is 0.280 e. The second-order valence-electron chi connectivity index (χ2n) is 4.62. The van der Waals surface area contributed by atoms with Gasteiger partial charge < -0.3 is 9.73 Å². The number of nitrogens with one attached hydrogen (secondary N) is 1. The molecule has 0 aliphatic heterocycles. The van der Waals surface area contributed by atoms with Crippen molar-refractivity contribution in [2.24, 2.45) is 0 Å². The smallest absolute Gasteiger partial charge is 0.280 e. The van der Waals surface area contributed by atoms with Crippen LogP contribution < -0.4 is 5.32 Å². The van der Waals surface area contributed by atoms with Gasteiger partial charge in [0.2, 0.25) is 5.95 Å². The number of furan rings is 1. The third-order valence-corrected chi connectivity index (χ3v) is 3.04. The van der Waals surface area contributed by atoms with Crippen molar-refractivity contribution in [2.45, 2.75) is 13.0 Å². The average Bonchev–Trinajstić information content (AvgIpc) is 3.08. The van der Waals surface area contributed by atoms with Gasteiger partial charge in [-0.2, -0.15) is 0 Å². The molecule has 0 bridgehead atoms. The lowest BCUT2D eigenvalue weighted by Gasteiger charge is -2.08. The second kappa shape index (κ2) is 6.34. The van der Waals surface area contributed by atoms with E-state index in [4.69, 9.17) is 4.42 Å². The standard InChI is InChI=1S/C16H13F2N3O/c17-15(18)13-9-12(14-7-4-8-22-14)20-16(21-13)19-10-11-5-2-1-3-6-11/h1-9,15H,10H2,(H,19,20,21). The number of alkyl halides is 2. The maximum atomic E-state index is 13.0. The van der Waals surface area contributed by atoms with E-state index < -0.39 is 6.43 Å². The van der Waals surface area contributed by atoms with Crippen molar-refractivity contribution in [1.29, 1.82) is 0 Å². The molecular formula is C16H13F2N3O. The average molecular weight is 301 g/mol. The minimum atomic E-state index is -2.67. The molecule has 6 heteroatoms. The number of hydrogen-bond acceptors (Lipinski definition) is 4. The Labute approximate surface area is 125 Å². The molecule has 3 aromatic rings. The molecule has 4 nitrogen and oxygen atoms in total. The first-order valence-corrected chi connectivity index (χ1v) is 6.71. The largest absolute Gasteiger partial charge is 0.463 e. The lowest BCUT2D eigenvalue weighted by molar-refractivity contribution is 0.146. The van der Waals surface area contributed by atoms with Crippen LogP contribution in [0.25, 0.3) is 11.5 Å². The van der Waals surface area contributed by atoms with Crippen LogP contribution in [0.1, 0.15) is 17.7 Å². The van der Waals surface area contributed by atoms with Crippen molar-refractivity contribution in [1.82, 2.24) is 9.97 Å². The van der Waals surface area contributed by atoms with Crippen molar-refractivity contribution in [3.63, 3.8) is 0 Å². The molecule has 0 unspecified atom stereocenters. The van der Waals surface area contributed by atoms with Crippen LogP contribution >= 0.6 is 0 Å². The van der Waals surface area contributed by atoms with Gasteiger partial charge in [0.05, 0.1) is 6.26 Å². The number of halogens is 2. The zero-order valence-electron chi connectivity index (χ0n) is 11.5. The number of benzene rings is 1. The highest BCUT2D eigenvalue weighted by Gasteiger charge is 2.15. The quantitative estimate of drug-likeness (QED) is 0.764. The van der Waals surface area contributed by atoms with Crippen LogP contribution in [0.5, 0.6) is 0 Å². The Morgan fingerprint density at radius 2 is 1.86 bits per heavy atom. The molecule has 0 amide bonds. The van der Waals surface area contributed by atoms with Gasteiger partial charge >= 0.3 is 0 Å². The summed E-state index contributed by atoms with van der Waals surface area (Å²) in [5, 5.41) is 2.96. The summed E-state index contributed by atoms with van der Waals surface area (Å²) in [7, 11) is 0. The predicted octanol–water partition coefficient (Wildman–Crippen LogP) is 4.29. The predicted molar refractivity (Wildman–Crippen MR) is 78.5 cm³/mol. The topological polar surface area (TPSA) is 51.0 Å². The van der Waals surface area contributed by atoms with Gasteiger partial charge in [-0.05, 0) is 23.8 Å². The van der Waals surface area contributed by atoms with Crippen LogP contribution in [-0.4, -0.2) is 9.97 Å². The number of nitrogens with zero attached hydrogens (tertiary/aromatic N) is 2. The van der Waals surface area contributed by atoms with E-state index >= 15 is 0 Å². The molecule has 2 aromatic heterocycles. The van der Waals surface area contributed by atoms with Gasteiger partial charge in [0.1, 0.15) is 11.4 Å². The van der Waals surface area contributed by atoms with Gasteiger partial charge in [0.25, 0.3) is 6.43 Å². The molecule has 0 saturated carbocycles. The van der Waals surface area contributed by atoms with Gasteiger partial charge in [-0.3, -0.25) is 0 Å². The molecule has 0 aliphatic carbocycles. The molecule has 0 spiro atoms. The zero-order valence-corrected chi connectivity index (χ0v) is 11.5. The molecule has 3 rings (SSSR count). The summed E-state index contributed by atoms with van der Waals surface area (Å²) >= 11 is 0. The Bertz CT molecular complexity index is 730. The van der Waals surface area contributed by atoms with Gasteiger partial charge in [0.15, 0.2) is 5.76 Å². The van der Waals surface area contributed by atoms with Gasteiger partial charge in [-0.1, -0.05) is 30.3 Å². The van der Waals surface area contributed by atoms with Crippen LogP contribution in [0.2, 0.25) is 0 Å². The molecule has 22 heavy (non-hydrogen) atoms. The molecule has 0 radical (unpaired) electrons. The van der Waals surface area contributed by atoms with E-state index in [1.807, 2.05) is 30.3 Å². The van der Waals surface area contributed by atoms with Crippen LogP contribution in [0.3, 0.4) is 0 Å². The molecule has 2 heterocycles. The molecule has 0 saturated heterocycles. The third-order valence-electron chi connectivity index (χ3n) is 3.04. The highest BCUT2D eigenvalue weighted by molar-refractivity contribution is 5.54. The summed E-state index contributed by atoms with van der Waals surface area (Å²) in [6.45, 7) is 0.450. The fraction of sp³-hybridized carbons (Fsp3) is 0.125.